The van der Waals surface area contributed by atoms with Crippen molar-refractivity contribution >= 4 is 78.2 Å². The SMILES string of the molecule is CCCCCCCCCCCCCCC(CCCCCCCCCC)CN1C(=O)c2cc3c(cc2=C1C)C(=O)N(CC(CCCCCCCCCC)CCCCCCCCCCCCCC)C=3c1ccc(-c2cc3ccc4cc(-c5ccc(C)s5)cc5ccc(c2)c3c45)s1. The lowest BCUT2D eigenvalue weighted by Gasteiger charge is -2.27. The molecule has 7 aromatic rings. The van der Waals surface area contributed by atoms with Crippen molar-refractivity contribution in [2.75, 3.05) is 13.1 Å². The molecule has 2 atom stereocenters. The van der Waals surface area contributed by atoms with Gasteiger partial charge in [0.05, 0.1) is 10.6 Å². The third kappa shape index (κ3) is 21.1. The Morgan fingerprint density at radius 3 is 0.979 bits per heavy atom. The van der Waals surface area contributed by atoms with Crippen LogP contribution in [-0.4, -0.2) is 34.7 Å². The molecule has 0 radical (unpaired) electrons. The number of carbonyl (C=O) groups excluding carboxylic acids is 2. The van der Waals surface area contributed by atoms with Crippen LogP contribution in [0.1, 0.15) is 348 Å². The molecule has 0 fully saturated rings. The molecule has 0 saturated carbocycles. The maximum atomic E-state index is 15.7. The second-order valence-corrected chi connectivity index (χ2v) is 32.0. The third-order valence-electron chi connectivity index (χ3n) is 21.9. The molecule has 2 aliphatic heterocycles. The van der Waals surface area contributed by atoms with Crippen LogP contribution >= 0.6 is 22.7 Å². The number of rotatable bonds is 51. The first kappa shape index (κ1) is 73.5. The van der Waals surface area contributed by atoms with E-state index in [0.717, 1.165) is 63.8 Å². The summed E-state index contributed by atoms with van der Waals surface area (Å²) in [6.45, 7) is 15.1. The topological polar surface area (TPSA) is 40.6 Å². The number of nitrogens with zero attached hydrogens (tertiary/aromatic N) is 2. The zero-order valence-electron chi connectivity index (χ0n) is 60.3. The average Bonchev–Trinajstić information content (AvgIpc) is 1.43. The number of carbonyl (C=O) groups is 2. The molecule has 9 rings (SSSR count). The van der Waals surface area contributed by atoms with Gasteiger partial charge in [-0.25, -0.2) is 0 Å². The van der Waals surface area contributed by atoms with Crippen LogP contribution in [0.5, 0.6) is 0 Å². The molecule has 4 heterocycles. The molecule has 0 aliphatic carbocycles. The Morgan fingerprint density at radius 1 is 0.319 bits per heavy atom. The predicted octanol–water partition coefficient (Wildman–Crippen LogP) is 27.0. The lowest BCUT2D eigenvalue weighted by Crippen LogP contribution is -2.31. The van der Waals surface area contributed by atoms with Crippen molar-refractivity contribution in [2.45, 2.75) is 324 Å². The lowest BCUT2D eigenvalue weighted by atomic mass is 9.91. The van der Waals surface area contributed by atoms with E-state index in [2.05, 4.69) is 136 Å². The van der Waals surface area contributed by atoms with Crippen LogP contribution in [0.15, 0.2) is 84.9 Å². The Bertz CT molecular complexity index is 3440. The molecule has 94 heavy (non-hydrogen) atoms. The van der Waals surface area contributed by atoms with Gasteiger partial charge in [0, 0.05) is 55.0 Å². The highest BCUT2D eigenvalue weighted by atomic mass is 32.1. The van der Waals surface area contributed by atoms with E-state index in [-0.39, 0.29) is 11.8 Å². The fraction of sp³-hybridized carbons (Fsp3) is 0.614. The van der Waals surface area contributed by atoms with Gasteiger partial charge in [-0.15, -0.1) is 22.7 Å². The molecule has 2 aliphatic rings. The Labute approximate surface area is 580 Å². The van der Waals surface area contributed by atoms with Crippen LogP contribution in [0.3, 0.4) is 0 Å². The van der Waals surface area contributed by atoms with Crippen LogP contribution in [0.2, 0.25) is 0 Å². The van der Waals surface area contributed by atoms with Gasteiger partial charge in [0.2, 0.25) is 0 Å². The second-order valence-electron chi connectivity index (χ2n) is 29.6. The van der Waals surface area contributed by atoms with Crippen LogP contribution in [0.4, 0.5) is 0 Å². The molecule has 5 aromatic carbocycles. The third-order valence-corrected chi connectivity index (χ3v) is 24.0. The number of aryl methyl sites for hydroxylation is 1. The highest BCUT2D eigenvalue weighted by molar-refractivity contribution is 7.16. The maximum Gasteiger partial charge on any atom is 0.259 e. The van der Waals surface area contributed by atoms with Gasteiger partial charge in [-0.05, 0) is 155 Å². The van der Waals surface area contributed by atoms with Crippen molar-refractivity contribution < 1.29 is 9.59 Å². The molecule has 2 amide bonds. The average molecular weight is 1310 g/mol. The molecule has 0 saturated heterocycles. The van der Waals surface area contributed by atoms with Gasteiger partial charge in [-0.1, -0.05) is 309 Å². The van der Waals surface area contributed by atoms with E-state index in [1.165, 1.54) is 328 Å². The predicted molar refractivity (Wildman–Crippen MR) is 414 cm³/mol. The molecule has 2 unspecified atom stereocenters. The summed E-state index contributed by atoms with van der Waals surface area (Å²) >= 11 is 3.69. The summed E-state index contributed by atoms with van der Waals surface area (Å²) in [5.41, 5.74) is 6.12. The van der Waals surface area contributed by atoms with Crippen molar-refractivity contribution in [1.82, 2.24) is 9.80 Å². The molecule has 2 aromatic heterocycles. The minimum absolute atomic E-state index is 0.122. The Kier molecular flexibility index (Phi) is 31.4. The van der Waals surface area contributed by atoms with Crippen LogP contribution in [0, 0.1) is 18.8 Å². The fourth-order valence-corrected chi connectivity index (χ4v) is 18.0. The number of fused-ring (bicyclic) bond motifs is 2. The van der Waals surface area contributed by atoms with Crippen molar-refractivity contribution in [2.24, 2.45) is 11.8 Å². The van der Waals surface area contributed by atoms with Crippen molar-refractivity contribution in [3.05, 3.63) is 116 Å². The normalized spacial score (nSPS) is 14.0. The summed E-state index contributed by atoms with van der Waals surface area (Å²) < 4.78 is 0. The molecular weight excluding hydrogens is 1180 g/mol. The molecule has 0 bridgehead atoms. The van der Waals surface area contributed by atoms with Crippen molar-refractivity contribution in [3.63, 3.8) is 0 Å². The van der Waals surface area contributed by atoms with Gasteiger partial charge >= 0.3 is 0 Å². The summed E-state index contributed by atoms with van der Waals surface area (Å²) in [6.07, 6.45) is 58.3. The minimum Gasteiger partial charge on any atom is -0.312 e. The van der Waals surface area contributed by atoms with Gasteiger partial charge in [0.15, 0.2) is 0 Å². The number of benzene rings is 5. The highest BCUT2D eigenvalue weighted by Gasteiger charge is 2.36. The number of amides is 2. The van der Waals surface area contributed by atoms with Crippen molar-refractivity contribution in [1.29, 1.82) is 0 Å². The monoisotopic (exact) mass is 1310 g/mol. The van der Waals surface area contributed by atoms with E-state index in [4.69, 9.17) is 0 Å². The summed E-state index contributed by atoms with van der Waals surface area (Å²) in [6, 6.07) is 32.3. The zero-order valence-corrected chi connectivity index (χ0v) is 61.9. The van der Waals surface area contributed by atoms with E-state index in [1.54, 1.807) is 0 Å². The highest BCUT2D eigenvalue weighted by Crippen LogP contribution is 2.43. The van der Waals surface area contributed by atoms with Crippen LogP contribution < -0.4 is 10.4 Å². The van der Waals surface area contributed by atoms with Gasteiger partial charge in [0.1, 0.15) is 0 Å². The van der Waals surface area contributed by atoms with Crippen LogP contribution in [-0.2, 0) is 0 Å². The van der Waals surface area contributed by atoms with E-state index < -0.39 is 0 Å². The molecule has 6 heteroatoms. The van der Waals surface area contributed by atoms with Gasteiger partial charge in [-0.2, -0.15) is 0 Å². The standard InChI is InChI=1S/C88H126N2O2S2/c1-7-11-15-19-23-27-29-31-33-37-41-44-48-69(47-43-39-35-25-21-17-13-9-3)65-89-68(6)77-63-80-78(64-79(77)87(89)91)86(90(88(80)92)66-70(49-45-40-36-26-22-18-14-10-4)50-46-42-38-34-32-30-28-24-20-16-12-8-2)83-58-57-82(94-83)76-61-73-54-52-71-59-75(81-56-51-67(5)93-81)60-72-53-55-74(62-76)85(73)84(71)72/h51-64,69-70H,7-50,65-66H2,1-6H3. The molecule has 4 nitrogen and oxygen atoms in total. The maximum absolute atomic E-state index is 15.7. The van der Waals surface area contributed by atoms with E-state index in [1.807, 2.05) is 22.7 Å². The minimum atomic E-state index is 0.122. The number of hydrogen-bond acceptors (Lipinski definition) is 4. The molecule has 0 spiro atoms. The Balaban J connectivity index is 0.971. The van der Waals surface area contributed by atoms with E-state index in [0.29, 0.717) is 11.8 Å². The van der Waals surface area contributed by atoms with Crippen molar-refractivity contribution in [3.8, 4) is 20.9 Å². The number of thiophene rings is 2. The summed E-state index contributed by atoms with van der Waals surface area (Å²) in [5.74, 6) is 1.15. The lowest BCUT2D eigenvalue weighted by molar-refractivity contribution is 0.0813. The quantitative estimate of drug-likeness (QED) is 0.0282. The smallest absolute Gasteiger partial charge is 0.259 e. The summed E-state index contributed by atoms with van der Waals surface area (Å²) in [4.78, 5) is 40.3. The molecule has 0 N–H and O–H groups in total. The van der Waals surface area contributed by atoms with E-state index >= 15 is 9.59 Å². The van der Waals surface area contributed by atoms with Gasteiger partial charge < -0.3 is 9.80 Å². The second kappa shape index (κ2) is 40.2. The largest absolute Gasteiger partial charge is 0.312 e. The summed E-state index contributed by atoms with van der Waals surface area (Å²) in [7, 11) is 0. The van der Waals surface area contributed by atoms with Crippen LogP contribution in [0.25, 0.3) is 64.6 Å². The first-order valence-electron chi connectivity index (χ1n) is 39.6. The summed E-state index contributed by atoms with van der Waals surface area (Å²) in [5, 5.41) is 9.70. The fourth-order valence-electron chi connectivity index (χ4n) is 16.1. The number of unbranched alkanes of at least 4 members (excludes halogenated alkanes) is 36. The van der Waals surface area contributed by atoms with Gasteiger partial charge in [-0.3, -0.25) is 9.59 Å². The Hall–Kier alpha value is -4.78. The first-order valence-corrected chi connectivity index (χ1v) is 41.3. The van der Waals surface area contributed by atoms with Gasteiger partial charge in [0.25, 0.3) is 11.8 Å². The number of hydrogen-bond donors (Lipinski definition) is 0. The van der Waals surface area contributed by atoms with E-state index in [9.17, 15) is 0 Å². The zero-order chi connectivity index (χ0) is 65.7. The first-order chi connectivity index (χ1) is 46.2. The molecule has 512 valence electrons. The molecular formula is C88H126N2O2S2. The Morgan fingerprint density at radius 2 is 0.617 bits per heavy atom.